The van der Waals surface area contributed by atoms with Gasteiger partial charge in [0.1, 0.15) is 11.3 Å². The highest BCUT2D eigenvalue weighted by Crippen LogP contribution is 2.22. The van der Waals surface area contributed by atoms with Crippen LogP contribution in [0.2, 0.25) is 0 Å². The molecule has 0 saturated carbocycles. The number of aromatic nitrogens is 5. The van der Waals surface area contributed by atoms with Gasteiger partial charge in [-0.1, -0.05) is 19.1 Å². The van der Waals surface area contributed by atoms with Gasteiger partial charge in [-0.15, -0.1) is 0 Å². The molecule has 8 nitrogen and oxygen atoms in total. The monoisotopic (exact) mass is 401 g/mol. The van der Waals surface area contributed by atoms with Crippen molar-refractivity contribution in [3.05, 3.63) is 71.8 Å². The zero-order chi connectivity index (χ0) is 21.1. The largest absolute Gasteiger partial charge is 0.362 e. The van der Waals surface area contributed by atoms with E-state index in [1.165, 1.54) is 0 Å². The number of anilines is 2. The van der Waals surface area contributed by atoms with Crippen molar-refractivity contribution in [3.8, 4) is 0 Å². The Kier molecular flexibility index (Phi) is 5.38. The molecular weight excluding hydrogens is 378 g/mol. The van der Waals surface area contributed by atoms with Crippen molar-refractivity contribution in [3.63, 3.8) is 0 Å². The van der Waals surface area contributed by atoms with Crippen LogP contribution in [-0.2, 0) is 13.5 Å². The summed E-state index contributed by atoms with van der Waals surface area (Å²) in [6.45, 7) is 4.06. The molecule has 0 aliphatic heterocycles. The first-order chi connectivity index (χ1) is 14.5. The number of nitrogens with zero attached hydrogens (tertiary/aromatic N) is 5. The normalized spacial score (nSPS) is 12.0. The van der Waals surface area contributed by atoms with Crippen molar-refractivity contribution in [2.24, 2.45) is 7.05 Å². The zero-order valence-corrected chi connectivity index (χ0v) is 17.1. The van der Waals surface area contributed by atoms with E-state index >= 15 is 0 Å². The van der Waals surface area contributed by atoms with E-state index in [0.717, 1.165) is 34.5 Å². The van der Waals surface area contributed by atoms with Crippen LogP contribution in [-0.4, -0.2) is 30.6 Å². The van der Waals surface area contributed by atoms with Crippen LogP contribution in [0.25, 0.3) is 11.2 Å². The van der Waals surface area contributed by atoms with Crippen LogP contribution in [0, 0.1) is 0 Å². The maximum atomic E-state index is 12.5. The van der Waals surface area contributed by atoms with Crippen molar-refractivity contribution in [2.45, 2.75) is 26.3 Å². The number of pyridine rings is 1. The fourth-order valence-electron chi connectivity index (χ4n) is 3.15. The lowest BCUT2D eigenvalue weighted by Crippen LogP contribution is -2.13. The molecule has 1 aromatic carbocycles. The Balaban J connectivity index is 1.47. The number of carbonyl (C=O) groups is 1. The van der Waals surface area contributed by atoms with Gasteiger partial charge in [0.05, 0.1) is 24.0 Å². The topological polar surface area (TPSA) is 97.6 Å². The first-order valence-electron chi connectivity index (χ1n) is 9.81. The minimum absolute atomic E-state index is 0.0349. The quantitative estimate of drug-likeness (QED) is 0.511. The van der Waals surface area contributed by atoms with Gasteiger partial charge in [0.2, 0.25) is 0 Å². The number of hydrogen-bond acceptors (Lipinski definition) is 6. The Hall–Kier alpha value is -3.81. The number of rotatable bonds is 6. The smallest absolute Gasteiger partial charge is 0.257 e. The molecule has 152 valence electrons. The molecule has 0 aliphatic carbocycles. The molecule has 0 radical (unpaired) electrons. The number of carbonyl (C=O) groups excluding carboxylic acids is 1. The molecule has 4 aromatic rings. The first-order valence-corrected chi connectivity index (χ1v) is 9.81. The average molecular weight is 401 g/mol. The summed E-state index contributed by atoms with van der Waals surface area (Å²) in [5.41, 5.74) is 4.69. The maximum Gasteiger partial charge on any atom is 0.257 e. The molecule has 3 heterocycles. The summed E-state index contributed by atoms with van der Waals surface area (Å²) in [4.78, 5) is 25.8. The maximum absolute atomic E-state index is 12.5. The van der Waals surface area contributed by atoms with Gasteiger partial charge in [-0.05, 0) is 43.2 Å². The lowest BCUT2D eigenvalue weighted by Gasteiger charge is -2.16. The van der Waals surface area contributed by atoms with Crippen LogP contribution >= 0.6 is 0 Å². The van der Waals surface area contributed by atoms with Crippen LogP contribution in [0.15, 0.2) is 55.0 Å². The van der Waals surface area contributed by atoms with Gasteiger partial charge >= 0.3 is 0 Å². The number of aryl methyl sites for hydroxylation is 2. The van der Waals surface area contributed by atoms with Gasteiger partial charge in [-0.2, -0.15) is 5.10 Å². The highest BCUT2D eigenvalue weighted by atomic mass is 16.1. The number of amides is 1. The van der Waals surface area contributed by atoms with E-state index in [1.807, 2.05) is 51.2 Å². The van der Waals surface area contributed by atoms with Gasteiger partial charge in [0.15, 0.2) is 5.65 Å². The molecule has 3 aromatic heterocycles. The molecule has 1 atom stereocenters. The predicted octanol–water partition coefficient (Wildman–Crippen LogP) is 3.75. The summed E-state index contributed by atoms with van der Waals surface area (Å²) >= 11 is 0. The number of hydrogen-bond donors (Lipinski definition) is 2. The van der Waals surface area contributed by atoms with Crippen LogP contribution in [0.5, 0.6) is 0 Å². The van der Waals surface area contributed by atoms with Crippen LogP contribution < -0.4 is 10.6 Å². The zero-order valence-electron chi connectivity index (χ0n) is 17.1. The van der Waals surface area contributed by atoms with Gasteiger partial charge in [0.25, 0.3) is 5.91 Å². The van der Waals surface area contributed by atoms with Crippen molar-refractivity contribution in [1.29, 1.82) is 0 Å². The minimum Gasteiger partial charge on any atom is -0.362 e. The molecule has 0 unspecified atom stereocenters. The summed E-state index contributed by atoms with van der Waals surface area (Å²) in [5.74, 6) is 0.477. The fraction of sp³-hybridized carbons (Fsp3) is 0.227. The van der Waals surface area contributed by atoms with E-state index in [2.05, 4.69) is 30.7 Å². The average Bonchev–Trinajstić information content (AvgIpc) is 3.14. The second-order valence-electron chi connectivity index (χ2n) is 7.07. The standard InChI is InChI=1S/C22H23N7O/c1-4-17-9-8-16(11-23-17)22(30)27-18-7-5-6-15(10-18)14(2)26-20-13-24-19-12-25-29(3)21(19)28-20/h5-14H,4H2,1-3H3,(H,26,28)(H,27,30)/t14-/m0/s1. The Morgan fingerprint density at radius 1 is 1.13 bits per heavy atom. The van der Waals surface area contributed by atoms with E-state index in [0.29, 0.717) is 11.4 Å². The minimum atomic E-state index is -0.185. The van der Waals surface area contributed by atoms with Crippen molar-refractivity contribution < 1.29 is 4.79 Å². The Bertz CT molecular complexity index is 1180. The van der Waals surface area contributed by atoms with E-state index in [-0.39, 0.29) is 11.9 Å². The van der Waals surface area contributed by atoms with E-state index in [1.54, 1.807) is 29.3 Å². The fourth-order valence-corrected chi connectivity index (χ4v) is 3.15. The first kappa shape index (κ1) is 19.5. The van der Waals surface area contributed by atoms with Crippen molar-refractivity contribution in [1.82, 2.24) is 24.7 Å². The third kappa shape index (κ3) is 4.12. The third-order valence-electron chi connectivity index (χ3n) is 4.90. The Morgan fingerprint density at radius 3 is 2.77 bits per heavy atom. The second-order valence-corrected chi connectivity index (χ2v) is 7.07. The van der Waals surface area contributed by atoms with E-state index in [9.17, 15) is 4.79 Å². The molecule has 0 saturated heterocycles. The van der Waals surface area contributed by atoms with Gasteiger partial charge < -0.3 is 10.6 Å². The van der Waals surface area contributed by atoms with Crippen LogP contribution in [0.4, 0.5) is 11.5 Å². The summed E-state index contributed by atoms with van der Waals surface area (Å²) in [6.07, 6.45) is 5.83. The lowest BCUT2D eigenvalue weighted by molar-refractivity contribution is 0.102. The third-order valence-corrected chi connectivity index (χ3v) is 4.90. The van der Waals surface area contributed by atoms with Gasteiger partial charge in [-0.3, -0.25) is 9.78 Å². The highest BCUT2D eigenvalue weighted by Gasteiger charge is 2.11. The second kappa shape index (κ2) is 8.28. The molecule has 4 rings (SSSR count). The molecule has 0 fully saturated rings. The summed E-state index contributed by atoms with van der Waals surface area (Å²) < 4.78 is 1.69. The molecular formula is C22H23N7O. The summed E-state index contributed by atoms with van der Waals surface area (Å²) in [5, 5.41) is 10.5. The number of fused-ring (bicyclic) bond motifs is 1. The molecule has 30 heavy (non-hydrogen) atoms. The summed E-state index contributed by atoms with van der Waals surface area (Å²) in [7, 11) is 1.84. The Morgan fingerprint density at radius 2 is 2.00 bits per heavy atom. The Labute approximate surface area is 174 Å². The highest BCUT2D eigenvalue weighted by molar-refractivity contribution is 6.04. The predicted molar refractivity (Wildman–Crippen MR) is 116 cm³/mol. The van der Waals surface area contributed by atoms with Gasteiger partial charge in [-0.25, -0.2) is 14.6 Å². The number of nitrogens with one attached hydrogen (secondary N) is 2. The SMILES string of the molecule is CCc1ccc(C(=O)Nc2cccc([C@H](C)Nc3cnc4cnn(C)c4n3)c2)cn1. The molecule has 0 spiro atoms. The molecule has 8 heteroatoms. The molecule has 1 amide bonds. The van der Waals surface area contributed by atoms with Crippen LogP contribution in [0.1, 0.15) is 41.5 Å². The molecule has 0 aliphatic rings. The van der Waals surface area contributed by atoms with E-state index in [4.69, 9.17) is 0 Å². The van der Waals surface area contributed by atoms with Crippen molar-refractivity contribution in [2.75, 3.05) is 10.6 Å². The molecule has 0 bridgehead atoms. The van der Waals surface area contributed by atoms with E-state index < -0.39 is 0 Å². The lowest BCUT2D eigenvalue weighted by atomic mass is 10.1. The molecule has 2 N–H and O–H groups in total. The number of benzene rings is 1. The van der Waals surface area contributed by atoms with Gasteiger partial charge in [0, 0.05) is 24.6 Å². The van der Waals surface area contributed by atoms with Crippen molar-refractivity contribution >= 4 is 28.6 Å². The summed E-state index contributed by atoms with van der Waals surface area (Å²) in [6, 6.07) is 11.4. The van der Waals surface area contributed by atoms with Crippen LogP contribution in [0.3, 0.4) is 0 Å².